The van der Waals surface area contributed by atoms with Gasteiger partial charge < -0.3 is 10.0 Å². The van der Waals surface area contributed by atoms with Gasteiger partial charge in [-0.3, -0.25) is 4.79 Å². The van der Waals surface area contributed by atoms with E-state index in [0.717, 1.165) is 12.8 Å². The van der Waals surface area contributed by atoms with Crippen molar-refractivity contribution in [2.45, 2.75) is 37.5 Å². The zero-order valence-electron chi connectivity index (χ0n) is 13.4. The van der Waals surface area contributed by atoms with Crippen LogP contribution < -0.4 is 0 Å². The fourth-order valence-electron chi connectivity index (χ4n) is 3.92. The molecule has 1 saturated heterocycles. The number of amides is 1. The van der Waals surface area contributed by atoms with Crippen LogP contribution in [0.5, 0.6) is 0 Å². The largest absolute Gasteiger partial charge is 0.396 e. The Labute approximate surface area is 136 Å². The molecule has 1 aliphatic heterocycles. The molecule has 1 atom stereocenters. The third-order valence-corrected chi connectivity index (χ3v) is 5.41. The van der Waals surface area contributed by atoms with Crippen molar-refractivity contribution in [3.05, 3.63) is 48.3 Å². The molecule has 1 aliphatic carbocycles. The van der Waals surface area contributed by atoms with Crippen LogP contribution in [0.4, 0.5) is 4.39 Å². The predicted octanol–water partition coefficient (Wildman–Crippen LogP) is 3.03. The van der Waals surface area contributed by atoms with Crippen molar-refractivity contribution in [2.75, 3.05) is 19.7 Å². The molecule has 1 aromatic carbocycles. The Balaban J connectivity index is 1.83. The van der Waals surface area contributed by atoms with Gasteiger partial charge in [-0.2, -0.15) is 0 Å². The third kappa shape index (κ3) is 2.80. The number of rotatable bonds is 5. The fourth-order valence-corrected chi connectivity index (χ4v) is 3.92. The summed E-state index contributed by atoms with van der Waals surface area (Å²) < 4.78 is 14.2. The molecule has 23 heavy (non-hydrogen) atoms. The van der Waals surface area contributed by atoms with Gasteiger partial charge in [-0.1, -0.05) is 24.3 Å². The summed E-state index contributed by atoms with van der Waals surface area (Å²) in [5.74, 6) is -0.279. The van der Waals surface area contributed by atoms with E-state index >= 15 is 0 Å². The minimum Gasteiger partial charge on any atom is -0.396 e. The predicted molar refractivity (Wildman–Crippen MR) is 87.5 cm³/mol. The maximum atomic E-state index is 14.2. The van der Waals surface area contributed by atoms with Crippen LogP contribution in [0.2, 0.25) is 0 Å². The molecule has 1 amide bonds. The first kappa shape index (κ1) is 16.2. The third-order valence-electron chi connectivity index (χ3n) is 5.41. The summed E-state index contributed by atoms with van der Waals surface area (Å²) in [5, 5.41) is 9.81. The van der Waals surface area contributed by atoms with E-state index in [-0.39, 0.29) is 23.7 Å². The van der Waals surface area contributed by atoms with E-state index < -0.39 is 5.41 Å². The van der Waals surface area contributed by atoms with Gasteiger partial charge in [0, 0.05) is 24.1 Å². The number of likely N-dealkylation sites (tertiary alicyclic amines) is 1. The van der Waals surface area contributed by atoms with Crippen LogP contribution in [0.15, 0.2) is 36.9 Å². The van der Waals surface area contributed by atoms with Crippen LogP contribution in [-0.2, 0) is 10.2 Å². The molecule has 3 rings (SSSR count). The molecule has 4 heteroatoms. The zero-order chi connectivity index (χ0) is 16.5. The maximum Gasteiger partial charge on any atom is 0.233 e. The maximum absolute atomic E-state index is 14.2. The summed E-state index contributed by atoms with van der Waals surface area (Å²) in [4.78, 5) is 14.9. The van der Waals surface area contributed by atoms with Gasteiger partial charge in [0.2, 0.25) is 5.91 Å². The van der Waals surface area contributed by atoms with Crippen molar-refractivity contribution < 1.29 is 14.3 Å². The number of carbonyl (C=O) groups is 1. The van der Waals surface area contributed by atoms with Gasteiger partial charge in [-0.25, -0.2) is 4.39 Å². The van der Waals surface area contributed by atoms with E-state index in [1.165, 1.54) is 6.07 Å². The Kier molecular flexibility index (Phi) is 4.28. The van der Waals surface area contributed by atoms with Gasteiger partial charge in [0.05, 0.1) is 12.0 Å². The molecule has 0 bridgehead atoms. The van der Waals surface area contributed by atoms with Gasteiger partial charge in [-0.15, -0.1) is 6.58 Å². The van der Waals surface area contributed by atoms with Crippen molar-refractivity contribution >= 4 is 5.91 Å². The molecular weight excluding hydrogens is 293 g/mol. The monoisotopic (exact) mass is 317 g/mol. The fraction of sp³-hybridized carbons (Fsp3) is 0.526. The van der Waals surface area contributed by atoms with Gasteiger partial charge in [0.1, 0.15) is 5.82 Å². The second-order valence-electron chi connectivity index (χ2n) is 7.04. The van der Waals surface area contributed by atoms with Crippen LogP contribution in [-0.4, -0.2) is 35.6 Å². The lowest BCUT2D eigenvalue weighted by atomic mass is 9.77. The Morgan fingerprint density at radius 1 is 1.35 bits per heavy atom. The molecule has 0 aromatic heterocycles. The molecule has 1 N–H and O–H groups in total. The molecule has 2 aliphatic rings. The number of aliphatic hydroxyl groups is 1. The number of hydrogen-bond donors (Lipinski definition) is 1. The number of nitrogens with zero attached hydrogens (tertiary/aromatic N) is 1. The van der Waals surface area contributed by atoms with E-state index in [9.17, 15) is 14.3 Å². The summed E-state index contributed by atoms with van der Waals surface area (Å²) in [6, 6.07) is 6.60. The summed E-state index contributed by atoms with van der Waals surface area (Å²) in [7, 11) is 0. The number of hydrogen-bond acceptors (Lipinski definition) is 2. The van der Waals surface area contributed by atoms with Crippen molar-refractivity contribution in [1.29, 1.82) is 0 Å². The molecule has 1 heterocycles. The number of piperidine rings is 1. The van der Waals surface area contributed by atoms with E-state index in [1.54, 1.807) is 18.2 Å². The zero-order valence-corrected chi connectivity index (χ0v) is 13.4. The van der Waals surface area contributed by atoms with Gasteiger partial charge >= 0.3 is 0 Å². The Bertz CT molecular complexity index is 611. The highest BCUT2D eigenvalue weighted by Gasteiger charge is 2.55. The Hall–Kier alpha value is -1.68. The smallest absolute Gasteiger partial charge is 0.233 e. The number of aliphatic hydroxyl groups excluding tert-OH is 1. The second kappa shape index (κ2) is 6.08. The summed E-state index contributed by atoms with van der Waals surface area (Å²) in [6.07, 6.45) is 5.68. The second-order valence-corrected chi connectivity index (χ2v) is 7.04. The first-order valence-electron chi connectivity index (χ1n) is 8.33. The van der Waals surface area contributed by atoms with Crippen LogP contribution in [0.25, 0.3) is 0 Å². The molecule has 0 spiro atoms. The average molecular weight is 317 g/mol. The van der Waals surface area contributed by atoms with E-state index in [1.807, 2.05) is 11.0 Å². The quantitative estimate of drug-likeness (QED) is 0.848. The van der Waals surface area contributed by atoms with Crippen LogP contribution in [0.3, 0.4) is 0 Å². The molecule has 1 saturated carbocycles. The lowest BCUT2D eigenvalue weighted by Crippen LogP contribution is -2.50. The van der Waals surface area contributed by atoms with Gasteiger partial charge in [0.15, 0.2) is 0 Å². The normalized spacial score (nSPS) is 25.9. The van der Waals surface area contributed by atoms with E-state index in [2.05, 4.69) is 6.58 Å². The summed E-state index contributed by atoms with van der Waals surface area (Å²) >= 11 is 0. The van der Waals surface area contributed by atoms with Crippen LogP contribution in [0, 0.1) is 11.2 Å². The summed E-state index contributed by atoms with van der Waals surface area (Å²) in [5.41, 5.74) is -0.451. The molecule has 2 fully saturated rings. The number of carbonyl (C=O) groups excluding carboxylic acids is 1. The number of halogens is 1. The molecule has 3 nitrogen and oxygen atoms in total. The number of allylic oxidation sites excluding steroid dienone is 1. The molecule has 0 radical (unpaired) electrons. The standard InChI is InChI=1S/C19H24FNO2/c1-2-8-18(14-22)9-5-12-21(13-18)17(23)19(10-11-19)15-6-3-4-7-16(15)20/h2-4,6-7,22H,1,5,8-14H2. The topological polar surface area (TPSA) is 40.5 Å². The van der Waals surface area contributed by atoms with Crippen molar-refractivity contribution in [2.24, 2.45) is 5.41 Å². The molecule has 1 aromatic rings. The van der Waals surface area contributed by atoms with E-state index in [0.29, 0.717) is 37.9 Å². The first-order valence-corrected chi connectivity index (χ1v) is 8.33. The minimum absolute atomic E-state index is 0.0178. The Morgan fingerprint density at radius 2 is 2.09 bits per heavy atom. The lowest BCUT2D eigenvalue weighted by molar-refractivity contribution is -0.138. The van der Waals surface area contributed by atoms with Gasteiger partial charge in [-0.05, 0) is 38.2 Å². The average Bonchev–Trinajstić information content (AvgIpc) is 3.37. The van der Waals surface area contributed by atoms with Gasteiger partial charge in [0.25, 0.3) is 0 Å². The molecule has 124 valence electrons. The van der Waals surface area contributed by atoms with Crippen molar-refractivity contribution in [3.8, 4) is 0 Å². The molecule has 1 unspecified atom stereocenters. The summed E-state index contributed by atoms with van der Waals surface area (Å²) in [6.45, 7) is 5.05. The number of benzene rings is 1. The Morgan fingerprint density at radius 3 is 2.70 bits per heavy atom. The van der Waals surface area contributed by atoms with Crippen molar-refractivity contribution in [3.63, 3.8) is 0 Å². The highest BCUT2D eigenvalue weighted by molar-refractivity contribution is 5.91. The highest BCUT2D eigenvalue weighted by atomic mass is 19.1. The highest BCUT2D eigenvalue weighted by Crippen LogP contribution is 2.51. The van der Waals surface area contributed by atoms with Crippen LogP contribution >= 0.6 is 0 Å². The van der Waals surface area contributed by atoms with E-state index in [4.69, 9.17) is 0 Å². The van der Waals surface area contributed by atoms with Crippen molar-refractivity contribution in [1.82, 2.24) is 4.90 Å². The lowest BCUT2D eigenvalue weighted by Gasteiger charge is -2.42. The van der Waals surface area contributed by atoms with Crippen LogP contribution in [0.1, 0.15) is 37.7 Å². The SMILES string of the molecule is C=CCC1(CO)CCCN(C(=O)C2(c3ccccc3F)CC2)C1. The minimum atomic E-state index is -0.682. The first-order chi connectivity index (χ1) is 11.1. The molecular formula is C19H24FNO2.